The SMILES string of the molecule is CSCC(C)N(C)C(C)C(=O)Nc1cc(Cl)ccc1N. The molecule has 0 heterocycles. The third kappa shape index (κ3) is 4.58. The minimum absolute atomic E-state index is 0.0885. The maximum atomic E-state index is 12.3. The molecular formula is C14H22ClN3OS. The molecule has 0 saturated carbocycles. The van der Waals surface area contributed by atoms with Gasteiger partial charge in [-0.2, -0.15) is 11.8 Å². The highest BCUT2D eigenvalue weighted by atomic mass is 35.5. The van der Waals surface area contributed by atoms with E-state index in [2.05, 4.69) is 18.5 Å². The van der Waals surface area contributed by atoms with Crippen LogP contribution in [0.5, 0.6) is 0 Å². The lowest BCUT2D eigenvalue weighted by atomic mass is 10.2. The zero-order valence-corrected chi connectivity index (χ0v) is 13.9. The number of nitrogen functional groups attached to an aromatic ring is 1. The second kappa shape index (κ2) is 7.76. The van der Waals surface area contributed by atoms with Gasteiger partial charge in [-0.3, -0.25) is 9.69 Å². The van der Waals surface area contributed by atoms with Gasteiger partial charge in [0.2, 0.25) is 5.91 Å². The van der Waals surface area contributed by atoms with Crippen molar-refractivity contribution < 1.29 is 4.79 Å². The Morgan fingerprint density at radius 3 is 2.75 bits per heavy atom. The van der Waals surface area contributed by atoms with E-state index in [1.807, 2.05) is 18.9 Å². The summed E-state index contributed by atoms with van der Waals surface area (Å²) in [5.41, 5.74) is 6.90. The quantitative estimate of drug-likeness (QED) is 0.792. The predicted octanol–water partition coefficient (Wildman–Crippen LogP) is 2.93. The van der Waals surface area contributed by atoms with Crippen molar-refractivity contribution in [2.75, 3.05) is 30.1 Å². The van der Waals surface area contributed by atoms with Gasteiger partial charge in [0.15, 0.2) is 0 Å². The highest BCUT2D eigenvalue weighted by Crippen LogP contribution is 2.23. The first-order chi connectivity index (χ1) is 9.36. The molecule has 1 aromatic rings. The van der Waals surface area contributed by atoms with Crippen LogP contribution in [-0.2, 0) is 4.79 Å². The van der Waals surface area contributed by atoms with Crippen LogP contribution < -0.4 is 11.1 Å². The number of anilines is 2. The van der Waals surface area contributed by atoms with Gasteiger partial charge in [-0.1, -0.05) is 11.6 Å². The summed E-state index contributed by atoms with van der Waals surface area (Å²) in [5, 5.41) is 3.38. The Balaban J connectivity index is 2.72. The third-order valence-electron chi connectivity index (χ3n) is 3.37. The highest BCUT2D eigenvalue weighted by molar-refractivity contribution is 7.98. The number of hydrogen-bond donors (Lipinski definition) is 2. The third-order valence-corrected chi connectivity index (χ3v) is 4.42. The zero-order valence-electron chi connectivity index (χ0n) is 12.3. The second-order valence-corrected chi connectivity index (χ2v) is 6.21. The lowest BCUT2D eigenvalue weighted by molar-refractivity contribution is -0.120. The van der Waals surface area contributed by atoms with Gasteiger partial charge in [-0.05, 0) is 45.4 Å². The van der Waals surface area contributed by atoms with Crippen molar-refractivity contribution in [3.63, 3.8) is 0 Å². The number of thioether (sulfide) groups is 1. The van der Waals surface area contributed by atoms with Crippen LogP contribution >= 0.6 is 23.4 Å². The lowest BCUT2D eigenvalue weighted by Crippen LogP contribution is -2.45. The fourth-order valence-corrected chi connectivity index (χ4v) is 2.69. The van der Waals surface area contributed by atoms with Gasteiger partial charge in [0.1, 0.15) is 0 Å². The molecule has 0 fully saturated rings. The second-order valence-electron chi connectivity index (χ2n) is 4.87. The average Bonchev–Trinajstić information content (AvgIpc) is 2.41. The first-order valence-corrected chi connectivity index (χ1v) is 8.20. The molecule has 1 aromatic carbocycles. The number of nitrogens with zero attached hydrogens (tertiary/aromatic N) is 1. The Hall–Kier alpha value is -0.910. The number of nitrogens with one attached hydrogen (secondary N) is 1. The van der Waals surface area contributed by atoms with Crippen molar-refractivity contribution in [3.05, 3.63) is 23.2 Å². The van der Waals surface area contributed by atoms with Crippen LogP contribution in [0.2, 0.25) is 5.02 Å². The normalized spacial score (nSPS) is 14.1. The molecule has 0 saturated heterocycles. The van der Waals surface area contributed by atoms with Crippen LogP contribution in [0.4, 0.5) is 11.4 Å². The Labute approximate surface area is 130 Å². The summed E-state index contributed by atoms with van der Waals surface area (Å²) < 4.78 is 0. The van der Waals surface area contributed by atoms with E-state index in [1.54, 1.807) is 30.0 Å². The van der Waals surface area contributed by atoms with Gasteiger partial charge < -0.3 is 11.1 Å². The standard InChI is InChI=1S/C14H22ClN3OS/c1-9(8-20-4)18(3)10(2)14(19)17-13-7-11(15)5-6-12(13)16/h5-7,9-10H,8,16H2,1-4H3,(H,17,19). The van der Waals surface area contributed by atoms with Gasteiger partial charge in [-0.15, -0.1) is 0 Å². The van der Waals surface area contributed by atoms with E-state index in [4.69, 9.17) is 17.3 Å². The van der Waals surface area contributed by atoms with E-state index in [0.717, 1.165) is 5.75 Å². The van der Waals surface area contributed by atoms with Crippen LogP contribution in [0, 0.1) is 0 Å². The summed E-state index contributed by atoms with van der Waals surface area (Å²) in [5.74, 6) is 0.891. The van der Waals surface area contributed by atoms with Crippen molar-refractivity contribution in [1.29, 1.82) is 0 Å². The first-order valence-electron chi connectivity index (χ1n) is 6.43. The van der Waals surface area contributed by atoms with E-state index in [1.165, 1.54) is 0 Å². The smallest absolute Gasteiger partial charge is 0.241 e. The van der Waals surface area contributed by atoms with Gasteiger partial charge in [-0.25, -0.2) is 0 Å². The number of carbonyl (C=O) groups is 1. The van der Waals surface area contributed by atoms with Gasteiger partial charge in [0, 0.05) is 16.8 Å². The van der Waals surface area contributed by atoms with Crippen LogP contribution in [-0.4, -0.2) is 41.9 Å². The molecule has 4 nitrogen and oxygen atoms in total. The van der Waals surface area contributed by atoms with E-state index in [9.17, 15) is 4.79 Å². The van der Waals surface area contributed by atoms with Crippen molar-refractivity contribution in [1.82, 2.24) is 4.90 Å². The van der Waals surface area contributed by atoms with E-state index < -0.39 is 0 Å². The minimum Gasteiger partial charge on any atom is -0.397 e. The molecular weight excluding hydrogens is 294 g/mol. The maximum absolute atomic E-state index is 12.3. The number of likely N-dealkylation sites (N-methyl/N-ethyl adjacent to an activating group) is 1. The lowest BCUT2D eigenvalue weighted by Gasteiger charge is -2.29. The molecule has 0 aliphatic rings. The number of amides is 1. The Kier molecular flexibility index (Phi) is 6.65. The Morgan fingerprint density at radius 2 is 2.15 bits per heavy atom. The van der Waals surface area contributed by atoms with E-state index in [0.29, 0.717) is 22.4 Å². The molecule has 112 valence electrons. The summed E-state index contributed by atoms with van der Waals surface area (Å²) >= 11 is 7.68. The van der Waals surface area contributed by atoms with Crippen LogP contribution in [0.1, 0.15) is 13.8 Å². The number of halogens is 1. The first kappa shape index (κ1) is 17.1. The molecule has 3 N–H and O–H groups in total. The number of rotatable bonds is 6. The Morgan fingerprint density at radius 1 is 1.50 bits per heavy atom. The summed E-state index contributed by atoms with van der Waals surface area (Å²) in [7, 11) is 1.95. The Bertz CT molecular complexity index is 470. The molecule has 2 atom stereocenters. The van der Waals surface area contributed by atoms with Crippen molar-refractivity contribution >= 4 is 40.6 Å². The zero-order chi connectivity index (χ0) is 15.3. The van der Waals surface area contributed by atoms with E-state index in [-0.39, 0.29) is 11.9 Å². The fourth-order valence-electron chi connectivity index (χ4n) is 1.80. The fraction of sp³-hybridized carbons (Fsp3) is 0.500. The number of nitrogens with two attached hydrogens (primary N) is 1. The molecule has 0 aromatic heterocycles. The van der Waals surface area contributed by atoms with Crippen LogP contribution in [0.3, 0.4) is 0 Å². The topological polar surface area (TPSA) is 58.4 Å². The molecule has 1 rings (SSSR count). The molecule has 1 amide bonds. The van der Waals surface area contributed by atoms with Crippen molar-refractivity contribution in [2.24, 2.45) is 0 Å². The monoisotopic (exact) mass is 315 g/mol. The van der Waals surface area contributed by atoms with Gasteiger partial charge in [0.05, 0.1) is 17.4 Å². The predicted molar refractivity (Wildman–Crippen MR) is 89.6 cm³/mol. The van der Waals surface area contributed by atoms with Crippen LogP contribution in [0.25, 0.3) is 0 Å². The molecule has 20 heavy (non-hydrogen) atoms. The molecule has 0 bridgehead atoms. The van der Waals surface area contributed by atoms with Gasteiger partial charge >= 0.3 is 0 Å². The molecule has 0 radical (unpaired) electrons. The number of benzene rings is 1. The summed E-state index contributed by atoms with van der Waals surface area (Å²) in [6, 6.07) is 5.12. The summed E-state index contributed by atoms with van der Waals surface area (Å²) in [4.78, 5) is 14.3. The minimum atomic E-state index is -0.240. The maximum Gasteiger partial charge on any atom is 0.241 e. The molecule has 2 unspecified atom stereocenters. The van der Waals surface area contributed by atoms with Gasteiger partial charge in [0.25, 0.3) is 0 Å². The van der Waals surface area contributed by atoms with Crippen LogP contribution in [0.15, 0.2) is 18.2 Å². The highest BCUT2D eigenvalue weighted by Gasteiger charge is 2.22. The average molecular weight is 316 g/mol. The summed E-state index contributed by atoms with van der Waals surface area (Å²) in [6.07, 6.45) is 2.06. The molecule has 0 aliphatic carbocycles. The van der Waals surface area contributed by atoms with Crippen molar-refractivity contribution in [2.45, 2.75) is 25.9 Å². The molecule has 6 heteroatoms. The van der Waals surface area contributed by atoms with E-state index >= 15 is 0 Å². The molecule has 0 spiro atoms. The summed E-state index contributed by atoms with van der Waals surface area (Å²) in [6.45, 7) is 3.99. The number of hydrogen-bond acceptors (Lipinski definition) is 4. The molecule has 0 aliphatic heterocycles. The largest absolute Gasteiger partial charge is 0.397 e. The van der Waals surface area contributed by atoms with Crippen molar-refractivity contribution in [3.8, 4) is 0 Å². The number of carbonyl (C=O) groups excluding carboxylic acids is 1.